The minimum absolute atomic E-state index is 0.163. The van der Waals surface area contributed by atoms with Gasteiger partial charge in [-0.3, -0.25) is 4.79 Å². The van der Waals surface area contributed by atoms with Crippen LogP contribution in [0.2, 0.25) is 5.02 Å². The van der Waals surface area contributed by atoms with Crippen LogP contribution in [0.5, 0.6) is 0 Å². The number of para-hydroxylation sites is 1. The van der Waals surface area contributed by atoms with Gasteiger partial charge in [0, 0.05) is 12.6 Å². The lowest BCUT2D eigenvalue weighted by atomic mass is 10.0. The number of aromatic nitrogens is 2. The molecule has 24 heavy (non-hydrogen) atoms. The Hall–Kier alpha value is -1.85. The molecule has 6 heteroatoms. The number of halogens is 1. The summed E-state index contributed by atoms with van der Waals surface area (Å²) in [5.74, 6) is 0.596. The molecule has 2 rings (SSSR count). The van der Waals surface area contributed by atoms with Gasteiger partial charge >= 0.3 is 0 Å². The monoisotopic (exact) mass is 348 g/mol. The van der Waals surface area contributed by atoms with Gasteiger partial charge in [0.15, 0.2) is 0 Å². The molecule has 1 aromatic heterocycles. The highest BCUT2D eigenvalue weighted by Crippen LogP contribution is 2.18. The van der Waals surface area contributed by atoms with E-state index in [1.165, 1.54) is 4.68 Å². The van der Waals surface area contributed by atoms with Crippen LogP contribution in [0.1, 0.15) is 20.3 Å². The summed E-state index contributed by atoms with van der Waals surface area (Å²) in [4.78, 5) is 14.6. The lowest BCUT2D eigenvalue weighted by Gasteiger charge is -2.26. The van der Waals surface area contributed by atoms with E-state index in [-0.39, 0.29) is 10.6 Å². The highest BCUT2D eigenvalue weighted by atomic mass is 35.5. The molecule has 1 N–H and O–H groups in total. The summed E-state index contributed by atoms with van der Waals surface area (Å²) >= 11 is 6.27. The van der Waals surface area contributed by atoms with Crippen molar-refractivity contribution >= 4 is 17.3 Å². The van der Waals surface area contributed by atoms with Crippen molar-refractivity contribution in [1.29, 1.82) is 0 Å². The molecule has 1 heterocycles. The van der Waals surface area contributed by atoms with Gasteiger partial charge in [0.2, 0.25) is 0 Å². The second-order valence-electron chi connectivity index (χ2n) is 6.55. The van der Waals surface area contributed by atoms with Crippen LogP contribution >= 0.6 is 11.6 Å². The van der Waals surface area contributed by atoms with Crippen LogP contribution in [0.4, 0.5) is 5.69 Å². The quantitative estimate of drug-likeness (QED) is 0.834. The molecule has 0 fully saturated rings. The molecule has 0 saturated carbocycles. The third kappa shape index (κ3) is 4.58. The molecular weight excluding hydrogens is 324 g/mol. The predicted molar refractivity (Wildman–Crippen MR) is 100 cm³/mol. The van der Waals surface area contributed by atoms with Gasteiger partial charge in [0.05, 0.1) is 17.6 Å². The van der Waals surface area contributed by atoms with Crippen LogP contribution < -0.4 is 10.9 Å². The number of likely N-dealkylation sites (N-methyl/N-ethyl adjacent to an activating group) is 1. The first-order valence-corrected chi connectivity index (χ1v) is 8.51. The summed E-state index contributed by atoms with van der Waals surface area (Å²) < 4.78 is 1.31. The molecule has 0 bridgehead atoms. The Morgan fingerprint density at radius 1 is 1.25 bits per heavy atom. The van der Waals surface area contributed by atoms with E-state index in [0.29, 0.717) is 29.9 Å². The van der Waals surface area contributed by atoms with Crippen molar-refractivity contribution in [3.63, 3.8) is 0 Å². The summed E-state index contributed by atoms with van der Waals surface area (Å²) in [6.07, 6.45) is 2.67. The van der Waals surface area contributed by atoms with E-state index in [1.807, 2.05) is 30.3 Å². The number of hydrogen-bond acceptors (Lipinski definition) is 4. The summed E-state index contributed by atoms with van der Waals surface area (Å²) in [6, 6.07) is 9.61. The summed E-state index contributed by atoms with van der Waals surface area (Å²) in [5.41, 5.74) is 0.949. The van der Waals surface area contributed by atoms with Crippen LogP contribution in [0, 0.1) is 5.92 Å². The van der Waals surface area contributed by atoms with Gasteiger partial charge in [-0.25, -0.2) is 0 Å². The van der Waals surface area contributed by atoms with Gasteiger partial charge in [-0.15, -0.1) is 0 Å². The number of anilines is 1. The van der Waals surface area contributed by atoms with E-state index in [0.717, 1.165) is 6.42 Å². The standard InChI is InChI=1S/C18H25ClN4O/c1-13(2)10-15(22(3)4)11-20-16-12-21-23(18(24)17(16)19)14-8-6-5-7-9-14/h5-9,12-13,15,20H,10-11H2,1-4H3/t15-/m0/s1. The van der Waals surface area contributed by atoms with Gasteiger partial charge in [0.25, 0.3) is 5.56 Å². The van der Waals surface area contributed by atoms with Crippen LogP contribution in [-0.2, 0) is 0 Å². The minimum Gasteiger partial charge on any atom is -0.381 e. The third-order valence-corrected chi connectivity index (χ3v) is 4.29. The SMILES string of the molecule is CC(C)C[C@@H](CNc1cnn(-c2ccccc2)c(=O)c1Cl)N(C)C. The van der Waals surface area contributed by atoms with Crippen molar-refractivity contribution in [2.45, 2.75) is 26.3 Å². The fourth-order valence-corrected chi connectivity index (χ4v) is 2.75. The van der Waals surface area contributed by atoms with Crippen molar-refractivity contribution in [3.05, 3.63) is 51.9 Å². The molecule has 1 aromatic carbocycles. The molecule has 5 nitrogen and oxygen atoms in total. The molecule has 0 unspecified atom stereocenters. The zero-order valence-electron chi connectivity index (χ0n) is 14.7. The molecule has 130 valence electrons. The van der Waals surface area contributed by atoms with E-state index in [9.17, 15) is 4.79 Å². The van der Waals surface area contributed by atoms with Crippen molar-refractivity contribution < 1.29 is 0 Å². The summed E-state index contributed by atoms with van der Waals surface area (Å²) in [6.45, 7) is 5.11. The van der Waals surface area contributed by atoms with E-state index < -0.39 is 0 Å². The van der Waals surface area contributed by atoms with Gasteiger partial charge in [-0.2, -0.15) is 9.78 Å². The van der Waals surface area contributed by atoms with Crippen LogP contribution in [0.3, 0.4) is 0 Å². The van der Waals surface area contributed by atoms with Crippen molar-refractivity contribution in [1.82, 2.24) is 14.7 Å². The maximum absolute atomic E-state index is 12.5. The fraction of sp³-hybridized carbons (Fsp3) is 0.444. The summed E-state index contributed by atoms with van der Waals surface area (Å²) in [7, 11) is 4.12. The number of rotatable bonds is 7. The van der Waals surface area contributed by atoms with Gasteiger partial charge in [0.1, 0.15) is 5.02 Å². The van der Waals surface area contributed by atoms with Crippen molar-refractivity contribution in [2.24, 2.45) is 5.92 Å². The lowest BCUT2D eigenvalue weighted by Crippen LogP contribution is -2.36. The van der Waals surface area contributed by atoms with Gasteiger partial charge in [-0.05, 0) is 38.6 Å². The fourth-order valence-electron chi connectivity index (χ4n) is 2.56. The van der Waals surface area contributed by atoms with Gasteiger partial charge < -0.3 is 10.2 Å². The normalized spacial score (nSPS) is 12.6. The first-order chi connectivity index (χ1) is 11.4. The Morgan fingerprint density at radius 3 is 2.50 bits per heavy atom. The lowest BCUT2D eigenvalue weighted by molar-refractivity contribution is 0.266. The third-order valence-electron chi connectivity index (χ3n) is 3.92. The predicted octanol–water partition coefficient (Wildman–Crippen LogP) is 3.27. The van der Waals surface area contributed by atoms with Crippen LogP contribution in [0.25, 0.3) is 5.69 Å². The van der Waals surface area contributed by atoms with E-state index in [2.05, 4.69) is 43.3 Å². The van der Waals surface area contributed by atoms with Crippen LogP contribution in [0.15, 0.2) is 41.3 Å². The second kappa shape index (κ2) is 8.31. The highest BCUT2D eigenvalue weighted by molar-refractivity contribution is 6.32. The molecular formula is C18H25ClN4O. The number of benzene rings is 1. The molecule has 1 atom stereocenters. The summed E-state index contributed by atoms with van der Waals surface area (Å²) in [5, 5.41) is 7.67. The number of nitrogens with one attached hydrogen (secondary N) is 1. The zero-order chi connectivity index (χ0) is 17.7. The number of hydrogen-bond donors (Lipinski definition) is 1. The molecule has 0 aliphatic carbocycles. The molecule has 0 spiro atoms. The van der Waals surface area contributed by atoms with E-state index in [1.54, 1.807) is 6.20 Å². The van der Waals surface area contributed by atoms with Crippen molar-refractivity contribution in [2.75, 3.05) is 26.0 Å². The smallest absolute Gasteiger partial charge is 0.292 e. The highest BCUT2D eigenvalue weighted by Gasteiger charge is 2.15. The molecule has 0 amide bonds. The Bertz CT molecular complexity index is 713. The van der Waals surface area contributed by atoms with E-state index >= 15 is 0 Å². The molecule has 0 radical (unpaired) electrons. The Balaban J connectivity index is 2.18. The minimum atomic E-state index is -0.321. The van der Waals surface area contributed by atoms with Gasteiger partial charge in [-0.1, -0.05) is 43.6 Å². The first kappa shape index (κ1) is 18.5. The Kier molecular flexibility index (Phi) is 6.40. The molecule has 2 aromatic rings. The second-order valence-corrected chi connectivity index (χ2v) is 6.93. The first-order valence-electron chi connectivity index (χ1n) is 8.13. The molecule has 0 saturated heterocycles. The zero-order valence-corrected chi connectivity index (χ0v) is 15.4. The largest absolute Gasteiger partial charge is 0.381 e. The molecule has 0 aliphatic heterocycles. The average molecular weight is 349 g/mol. The maximum Gasteiger partial charge on any atom is 0.292 e. The Labute approximate surface area is 148 Å². The maximum atomic E-state index is 12.5. The average Bonchev–Trinajstić information content (AvgIpc) is 2.55. The van der Waals surface area contributed by atoms with Crippen LogP contribution in [-0.4, -0.2) is 41.4 Å². The van der Waals surface area contributed by atoms with Crippen molar-refractivity contribution in [3.8, 4) is 5.69 Å². The van der Waals surface area contributed by atoms with E-state index in [4.69, 9.17) is 11.6 Å². The molecule has 0 aliphatic rings. The Morgan fingerprint density at radius 2 is 1.92 bits per heavy atom. The topological polar surface area (TPSA) is 50.2 Å². The number of nitrogens with zero attached hydrogens (tertiary/aromatic N) is 3.